The predicted molar refractivity (Wildman–Crippen MR) is 56.5 cm³/mol. The lowest BCUT2D eigenvalue weighted by Gasteiger charge is -2.02. The molecule has 3 nitrogen and oxygen atoms in total. The van der Waals surface area contributed by atoms with Gasteiger partial charge >= 0.3 is 0 Å². The first-order valence-corrected chi connectivity index (χ1v) is 6.37. The van der Waals surface area contributed by atoms with Crippen molar-refractivity contribution in [2.45, 2.75) is 9.79 Å². The summed E-state index contributed by atoms with van der Waals surface area (Å²) in [7, 11) is 1.23. The second-order valence-corrected chi connectivity index (χ2v) is 5.77. The summed E-state index contributed by atoms with van der Waals surface area (Å²) in [5.41, 5.74) is 0.153. The average molecular weight is 268 g/mol. The summed E-state index contributed by atoms with van der Waals surface area (Å²) in [5, 5.41) is 8.62. The van der Waals surface area contributed by atoms with Gasteiger partial charge in [-0.3, -0.25) is 0 Å². The van der Waals surface area contributed by atoms with E-state index in [1.807, 2.05) is 0 Å². The van der Waals surface area contributed by atoms with E-state index in [9.17, 15) is 8.42 Å². The van der Waals surface area contributed by atoms with Crippen LogP contribution in [0.25, 0.3) is 0 Å². The van der Waals surface area contributed by atoms with Crippen LogP contribution in [0.1, 0.15) is 5.56 Å². The normalized spacial score (nSPS) is 11.0. The van der Waals surface area contributed by atoms with Gasteiger partial charge in [-0.05, 0) is 12.1 Å². The Balaban J connectivity index is 3.54. The highest BCUT2D eigenvalue weighted by Gasteiger charge is 2.16. The van der Waals surface area contributed by atoms with Crippen LogP contribution >= 0.6 is 34.9 Å². The summed E-state index contributed by atoms with van der Waals surface area (Å²) in [6.45, 7) is 0. The van der Waals surface area contributed by atoms with Crippen molar-refractivity contribution >= 4 is 44.0 Å². The number of halogens is 2. The number of rotatable bonds is 1. The van der Waals surface area contributed by atoms with Crippen molar-refractivity contribution in [2.75, 3.05) is 0 Å². The highest BCUT2D eigenvalue weighted by atomic mass is 35.7. The largest absolute Gasteiger partial charge is 0.262 e. The van der Waals surface area contributed by atoms with Crippen LogP contribution in [0.5, 0.6) is 0 Å². The SMILES string of the molecule is N#Cc1cc(S)c(S(=O)(=O)Cl)cc1Cl. The number of nitrogens with zero attached hydrogens (tertiary/aromatic N) is 1. The monoisotopic (exact) mass is 267 g/mol. The van der Waals surface area contributed by atoms with E-state index in [1.54, 1.807) is 6.07 Å². The van der Waals surface area contributed by atoms with Gasteiger partial charge in [-0.1, -0.05) is 11.6 Å². The molecule has 0 atom stereocenters. The third kappa shape index (κ3) is 2.34. The molecule has 0 fully saturated rings. The highest BCUT2D eigenvalue weighted by Crippen LogP contribution is 2.29. The van der Waals surface area contributed by atoms with Gasteiger partial charge in [0.2, 0.25) is 0 Å². The molecule has 14 heavy (non-hydrogen) atoms. The van der Waals surface area contributed by atoms with E-state index in [0.29, 0.717) is 0 Å². The average Bonchev–Trinajstić information content (AvgIpc) is 2.06. The molecule has 0 radical (unpaired) electrons. The number of benzene rings is 1. The van der Waals surface area contributed by atoms with Gasteiger partial charge < -0.3 is 0 Å². The number of thiol groups is 1. The highest BCUT2D eigenvalue weighted by molar-refractivity contribution is 8.14. The minimum absolute atomic E-state index is 0.0320. The van der Waals surface area contributed by atoms with Gasteiger partial charge in [0.15, 0.2) is 0 Å². The molecule has 1 aromatic carbocycles. The molecule has 0 aromatic heterocycles. The molecule has 0 N–H and O–H groups in total. The van der Waals surface area contributed by atoms with Crippen LogP contribution in [0.15, 0.2) is 21.9 Å². The van der Waals surface area contributed by atoms with Crippen molar-refractivity contribution in [2.24, 2.45) is 0 Å². The lowest BCUT2D eigenvalue weighted by atomic mass is 10.2. The first-order chi connectivity index (χ1) is 6.36. The molecule has 0 bridgehead atoms. The zero-order valence-electron chi connectivity index (χ0n) is 6.53. The molecular weight excluding hydrogens is 265 g/mol. The summed E-state index contributed by atoms with van der Waals surface area (Å²) in [5.74, 6) is 0. The minimum Gasteiger partial charge on any atom is -0.207 e. The van der Waals surface area contributed by atoms with E-state index in [4.69, 9.17) is 27.5 Å². The van der Waals surface area contributed by atoms with Gasteiger partial charge in [0.1, 0.15) is 6.07 Å². The number of hydrogen-bond donors (Lipinski definition) is 1. The molecule has 1 rings (SSSR count). The summed E-state index contributed by atoms with van der Waals surface area (Å²) in [6.07, 6.45) is 0. The van der Waals surface area contributed by atoms with E-state index in [2.05, 4.69) is 12.6 Å². The topological polar surface area (TPSA) is 57.9 Å². The van der Waals surface area contributed by atoms with E-state index in [0.717, 1.165) is 6.07 Å². The molecule has 74 valence electrons. The fourth-order valence-corrected chi connectivity index (χ4v) is 2.76. The van der Waals surface area contributed by atoms with Crippen molar-refractivity contribution in [3.05, 3.63) is 22.7 Å². The van der Waals surface area contributed by atoms with Gasteiger partial charge in [0.05, 0.1) is 15.5 Å². The number of nitriles is 1. The Kier molecular flexibility index (Phi) is 3.32. The minimum atomic E-state index is -3.88. The third-order valence-electron chi connectivity index (χ3n) is 1.43. The second-order valence-electron chi connectivity index (χ2n) is 2.35. The maximum absolute atomic E-state index is 11.0. The van der Waals surface area contributed by atoms with Crippen molar-refractivity contribution in [1.29, 1.82) is 5.26 Å². The summed E-state index contributed by atoms with van der Waals surface area (Å²) < 4.78 is 22.0. The molecule has 0 heterocycles. The van der Waals surface area contributed by atoms with Crippen molar-refractivity contribution in [1.82, 2.24) is 0 Å². The van der Waals surface area contributed by atoms with Crippen molar-refractivity contribution in [3.8, 4) is 6.07 Å². The molecule has 0 aliphatic heterocycles. The first-order valence-electron chi connectivity index (χ1n) is 3.23. The van der Waals surface area contributed by atoms with E-state index >= 15 is 0 Å². The summed E-state index contributed by atoms with van der Waals surface area (Å²) in [4.78, 5) is -0.104. The van der Waals surface area contributed by atoms with Gasteiger partial charge in [-0.15, -0.1) is 12.6 Å². The molecule has 0 saturated heterocycles. The van der Waals surface area contributed by atoms with Crippen LogP contribution in [0.4, 0.5) is 0 Å². The zero-order chi connectivity index (χ0) is 10.9. The Labute approximate surface area is 96.1 Å². The molecule has 0 saturated carbocycles. The molecule has 1 aromatic rings. The predicted octanol–water partition coefficient (Wildman–Crippen LogP) is 2.43. The quantitative estimate of drug-likeness (QED) is 0.628. The smallest absolute Gasteiger partial charge is 0.207 e. The Morgan fingerprint density at radius 1 is 1.43 bits per heavy atom. The standard InChI is InChI=1S/C7H3Cl2NO2S2/c8-5-2-7(14(9,11)12)6(13)1-4(5)3-10/h1-2,13H. The fourth-order valence-electron chi connectivity index (χ4n) is 0.825. The third-order valence-corrected chi connectivity index (χ3v) is 3.63. The van der Waals surface area contributed by atoms with Crippen LogP contribution in [-0.2, 0) is 9.05 Å². The maximum Gasteiger partial charge on any atom is 0.262 e. The molecule has 0 unspecified atom stereocenters. The van der Waals surface area contributed by atoms with Crippen molar-refractivity contribution < 1.29 is 8.42 Å². The van der Waals surface area contributed by atoms with Crippen molar-refractivity contribution in [3.63, 3.8) is 0 Å². The second kappa shape index (κ2) is 3.99. The Hall–Kier alpha value is -0.410. The molecule has 0 aliphatic rings. The fraction of sp³-hybridized carbons (Fsp3) is 0. The van der Waals surface area contributed by atoms with Gasteiger partial charge in [-0.25, -0.2) is 8.42 Å². The molecule has 0 amide bonds. The van der Waals surface area contributed by atoms with Crippen LogP contribution in [0.3, 0.4) is 0 Å². The van der Waals surface area contributed by atoms with Crippen LogP contribution in [0, 0.1) is 11.3 Å². The molecule has 7 heteroatoms. The summed E-state index contributed by atoms with van der Waals surface area (Å²) in [6, 6.07) is 4.15. The lowest BCUT2D eigenvalue weighted by molar-refractivity contribution is 0.608. The zero-order valence-corrected chi connectivity index (χ0v) is 9.75. The van der Waals surface area contributed by atoms with E-state index < -0.39 is 9.05 Å². The molecule has 0 aliphatic carbocycles. The molecular formula is C7H3Cl2NO2S2. The van der Waals surface area contributed by atoms with Gasteiger partial charge in [-0.2, -0.15) is 5.26 Å². The van der Waals surface area contributed by atoms with Crippen LogP contribution < -0.4 is 0 Å². The van der Waals surface area contributed by atoms with Crippen LogP contribution in [0.2, 0.25) is 5.02 Å². The summed E-state index contributed by atoms with van der Waals surface area (Å²) >= 11 is 9.52. The number of hydrogen-bond acceptors (Lipinski definition) is 4. The Morgan fingerprint density at radius 3 is 2.43 bits per heavy atom. The van der Waals surface area contributed by atoms with E-state index in [1.165, 1.54) is 6.07 Å². The van der Waals surface area contributed by atoms with Crippen LogP contribution in [-0.4, -0.2) is 8.42 Å². The van der Waals surface area contributed by atoms with E-state index in [-0.39, 0.29) is 20.4 Å². The Bertz CT molecular complexity index is 519. The maximum atomic E-state index is 11.0. The first kappa shape index (κ1) is 11.7. The van der Waals surface area contributed by atoms with Gasteiger partial charge in [0, 0.05) is 15.6 Å². The van der Waals surface area contributed by atoms with Gasteiger partial charge in [0.25, 0.3) is 9.05 Å². The Morgan fingerprint density at radius 2 is 2.00 bits per heavy atom. The lowest BCUT2D eigenvalue weighted by Crippen LogP contribution is -1.93. The molecule has 0 spiro atoms.